The Balaban J connectivity index is 1.68. The Labute approximate surface area is 149 Å². The van der Waals surface area contributed by atoms with Crippen LogP contribution < -0.4 is 10.1 Å². The molecular formula is C20H25N3O2. The van der Waals surface area contributed by atoms with Gasteiger partial charge in [0.15, 0.2) is 0 Å². The number of aromatic nitrogens is 1. The molecule has 2 aromatic rings. The normalized spacial score (nSPS) is 17.4. The van der Waals surface area contributed by atoms with Crippen molar-refractivity contribution in [3.05, 3.63) is 48.7 Å². The zero-order valence-corrected chi connectivity index (χ0v) is 14.8. The first-order valence-corrected chi connectivity index (χ1v) is 8.90. The molecule has 5 heteroatoms. The van der Waals surface area contributed by atoms with Gasteiger partial charge < -0.3 is 15.0 Å². The smallest absolute Gasteiger partial charge is 0.322 e. The van der Waals surface area contributed by atoms with Gasteiger partial charge in [0, 0.05) is 36.6 Å². The Bertz CT molecular complexity index is 703. The van der Waals surface area contributed by atoms with E-state index >= 15 is 0 Å². The molecule has 1 aromatic heterocycles. The van der Waals surface area contributed by atoms with Crippen molar-refractivity contribution in [2.45, 2.75) is 39.2 Å². The summed E-state index contributed by atoms with van der Waals surface area (Å²) in [6.07, 6.45) is 5.02. The molecule has 1 unspecified atom stereocenters. The number of rotatable bonds is 4. The number of benzene rings is 1. The molecular weight excluding hydrogens is 314 g/mol. The van der Waals surface area contributed by atoms with Crippen molar-refractivity contribution < 1.29 is 9.53 Å². The Hall–Kier alpha value is -2.56. The first kappa shape index (κ1) is 17.3. The van der Waals surface area contributed by atoms with Gasteiger partial charge >= 0.3 is 6.03 Å². The molecule has 0 radical (unpaired) electrons. The van der Waals surface area contributed by atoms with Crippen molar-refractivity contribution in [3.8, 4) is 11.6 Å². The molecule has 3 rings (SSSR count). The predicted octanol–water partition coefficient (Wildman–Crippen LogP) is 4.92. The highest BCUT2D eigenvalue weighted by atomic mass is 16.5. The molecule has 1 N–H and O–H groups in total. The van der Waals surface area contributed by atoms with E-state index in [1.807, 2.05) is 41.3 Å². The van der Waals surface area contributed by atoms with E-state index < -0.39 is 0 Å². The van der Waals surface area contributed by atoms with Crippen molar-refractivity contribution >= 4 is 11.7 Å². The summed E-state index contributed by atoms with van der Waals surface area (Å²) in [7, 11) is 0. The lowest BCUT2D eigenvalue weighted by molar-refractivity contribution is 0.138. The van der Waals surface area contributed by atoms with Gasteiger partial charge in [-0.1, -0.05) is 26.0 Å². The van der Waals surface area contributed by atoms with Crippen LogP contribution >= 0.6 is 0 Å². The summed E-state index contributed by atoms with van der Waals surface area (Å²) in [4.78, 5) is 18.8. The molecule has 0 saturated carbocycles. The zero-order valence-electron chi connectivity index (χ0n) is 14.8. The highest BCUT2D eigenvalue weighted by molar-refractivity contribution is 5.89. The minimum atomic E-state index is -0.0339. The molecule has 1 aliphatic heterocycles. The number of carbonyl (C=O) groups is 1. The fraction of sp³-hybridized carbons (Fsp3) is 0.400. The zero-order chi connectivity index (χ0) is 17.6. The van der Waals surface area contributed by atoms with E-state index in [-0.39, 0.29) is 6.03 Å². The second-order valence-corrected chi connectivity index (χ2v) is 6.73. The van der Waals surface area contributed by atoms with E-state index in [2.05, 4.69) is 24.1 Å². The third-order valence-corrected chi connectivity index (χ3v) is 4.53. The van der Waals surface area contributed by atoms with E-state index in [9.17, 15) is 4.79 Å². The van der Waals surface area contributed by atoms with Gasteiger partial charge in [0.1, 0.15) is 5.75 Å². The highest BCUT2D eigenvalue weighted by Crippen LogP contribution is 2.26. The van der Waals surface area contributed by atoms with Crippen LogP contribution in [0.1, 0.15) is 33.1 Å². The van der Waals surface area contributed by atoms with Crippen molar-refractivity contribution in [3.63, 3.8) is 0 Å². The van der Waals surface area contributed by atoms with Crippen LogP contribution in [0.5, 0.6) is 11.6 Å². The van der Waals surface area contributed by atoms with Crippen LogP contribution in [0.2, 0.25) is 0 Å². The minimum absolute atomic E-state index is 0.0339. The highest BCUT2D eigenvalue weighted by Gasteiger charge is 2.28. The first-order valence-electron chi connectivity index (χ1n) is 8.90. The fourth-order valence-corrected chi connectivity index (χ4v) is 3.26. The van der Waals surface area contributed by atoms with Gasteiger partial charge in [0.25, 0.3) is 0 Å². The molecule has 1 saturated heterocycles. The number of hydrogen-bond acceptors (Lipinski definition) is 3. The summed E-state index contributed by atoms with van der Waals surface area (Å²) >= 11 is 0. The van der Waals surface area contributed by atoms with Gasteiger partial charge in [-0.05, 0) is 43.4 Å². The molecule has 1 aromatic carbocycles. The molecule has 2 heterocycles. The summed E-state index contributed by atoms with van der Waals surface area (Å²) in [6.45, 7) is 5.17. The Morgan fingerprint density at radius 3 is 2.88 bits per heavy atom. The molecule has 0 spiro atoms. The number of hydrogen-bond donors (Lipinski definition) is 1. The summed E-state index contributed by atoms with van der Waals surface area (Å²) in [5.41, 5.74) is 0.728. The second kappa shape index (κ2) is 8.01. The maximum atomic E-state index is 12.7. The number of nitrogens with one attached hydrogen (secondary N) is 1. The van der Waals surface area contributed by atoms with E-state index in [4.69, 9.17) is 4.74 Å². The molecule has 132 valence electrons. The number of pyridine rings is 1. The summed E-state index contributed by atoms with van der Waals surface area (Å²) in [5, 5.41) is 3.01. The number of nitrogens with zero attached hydrogens (tertiary/aromatic N) is 2. The number of amides is 2. The van der Waals surface area contributed by atoms with Crippen LogP contribution in [-0.4, -0.2) is 28.5 Å². The first-order chi connectivity index (χ1) is 12.1. The van der Waals surface area contributed by atoms with Gasteiger partial charge in [0.05, 0.1) is 0 Å². The van der Waals surface area contributed by atoms with Crippen molar-refractivity contribution in [1.29, 1.82) is 0 Å². The lowest BCUT2D eigenvalue weighted by Gasteiger charge is -2.38. The standard InChI is InChI=1S/C20H25N3O2/c1-15(2)18-10-4-6-13-23(18)20(24)22-16-8-7-9-17(14-16)25-19-11-3-5-12-21-19/h3,5,7-9,11-12,14-15,18H,4,6,10,13H2,1-2H3,(H,22,24). The average Bonchev–Trinajstić information content (AvgIpc) is 2.63. The number of anilines is 1. The molecule has 5 nitrogen and oxygen atoms in total. The lowest BCUT2D eigenvalue weighted by atomic mass is 9.93. The topological polar surface area (TPSA) is 54.5 Å². The van der Waals surface area contributed by atoms with Crippen LogP contribution in [0.15, 0.2) is 48.7 Å². The summed E-state index contributed by atoms with van der Waals surface area (Å²) in [6, 6.07) is 13.2. The monoisotopic (exact) mass is 339 g/mol. The Morgan fingerprint density at radius 2 is 2.12 bits per heavy atom. The van der Waals surface area contributed by atoms with Gasteiger partial charge in [0.2, 0.25) is 5.88 Å². The second-order valence-electron chi connectivity index (χ2n) is 6.73. The van der Waals surface area contributed by atoms with Crippen LogP contribution in [0.25, 0.3) is 0 Å². The molecule has 0 aliphatic carbocycles. The van der Waals surface area contributed by atoms with Crippen LogP contribution in [-0.2, 0) is 0 Å². The van der Waals surface area contributed by atoms with Gasteiger partial charge in [-0.2, -0.15) is 0 Å². The number of likely N-dealkylation sites (tertiary alicyclic amines) is 1. The van der Waals surface area contributed by atoms with Crippen molar-refractivity contribution in [2.75, 3.05) is 11.9 Å². The maximum Gasteiger partial charge on any atom is 0.322 e. The van der Waals surface area contributed by atoms with Crippen molar-refractivity contribution in [1.82, 2.24) is 9.88 Å². The summed E-state index contributed by atoms with van der Waals surface area (Å²) < 4.78 is 5.73. The quantitative estimate of drug-likeness (QED) is 0.860. The van der Waals surface area contributed by atoms with Crippen molar-refractivity contribution in [2.24, 2.45) is 5.92 Å². The Morgan fingerprint density at radius 1 is 1.24 bits per heavy atom. The number of piperidine rings is 1. The third kappa shape index (κ3) is 4.50. The van der Waals surface area contributed by atoms with Gasteiger partial charge in [-0.3, -0.25) is 0 Å². The number of ether oxygens (including phenoxy) is 1. The van der Waals surface area contributed by atoms with E-state index in [0.29, 0.717) is 23.6 Å². The van der Waals surface area contributed by atoms with E-state index in [1.165, 1.54) is 6.42 Å². The molecule has 1 fully saturated rings. The third-order valence-electron chi connectivity index (χ3n) is 4.53. The largest absolute Gasteiger partial charge is 0.439 e. The number of carbonyl (C=O) groups excluding carboxylic acids is 1. The van der Waals surface area contributed by atoms with Gasteiger partial charge in [-0.15, -0.1) is 0 Å². The molecule has 1 aliphatic rings. The maximum absolute atomic E-state index is 12.7. The van der Waals surface area contributed by atoms with Crippen LogP contribution in [0.4, 0.5) is 10.5 Å². The fourth-order valence-electron chi connectivity index (χ4n) is 3.26. The SMILES string of the molecule is CC(C)C1CCCCN1C(=O)Nc1cccc(Oc2ccccn2)c1. The molecule has 1 atom stereocenters. The van der Waals surface area contributed by atoms with Crippen LogP contribution in [0, 0.1) is 5.92 Å². The predicted molar refractivity (Wildman–Crippen MR) is 99.0 cm³/mol. The lowest BCUT2D eigenvalue weighted by Crippen LogP contribution is -2.48. The summed E-state index contributed by atoms with van der Waals surface area (Å²) in [5.74, 6) is 1.64. The molecule has 0 bridgehead atoms. The number of urea groups is 1. The molecule has 2 amide bonds. The average molecular weight is 339 g/mol. The Kier molecular flexibility index (Phi) is 5.53. The van der Waals surface area contributed by atoms with E-state index in [1.54, 1.807) is 12.3 Å². The van der Waals surface area contributed by atoms with Crippen LogP contribution in [0.3, 0.4) is 0 Å². The van der Waals surface area contributed by atoms with Gasteiger partial charge in [-0.25, -0.2) is 9.78 Å². The minimum Gasteiger partial charge on any atom is -0.439 e. The molecule has 25 heavy (non-hydrogen) atoms. The van der Waals surface area contributed by atoms with E-state index in [0.717, 1.165) is 25.1 Å².